The van der Waals surface area contributed by atoms with Crippen LogP contribution in [0.2, 0.25) is 0 Å². The largest absolute Gasteiger partial charge is 0.458 e. The Balaban J connectivity index is 1.97. The normalized spacial score (nSPS) is 31.1. The van der Waals surface area contributed by atoms with Crippen molar-refractivity contribution in [1.29, 1.82) is 0 Å². The summed E-state index contributed by atoms with van der Waals surface area (Å²) in [5.74, 6) is -0.972. The van der Waals surface area contributed by atoms with E-state index in [0.717, 1.165) is 6.42 Å². The van der Waals surface area contributed by atoms with Gasteiger partial charge in [-0.25, -0.2) is 0 Å². The first-order chi connectivity index (χ1) is 19.8. The zero-order chi connectivity index (χ0) is 35.1. The minimum atomic E-state index is -0.858. The van der Waals surface area contributed by atoms with Gasteiger partial charge < -0.3 is 14.2 Å². The van der Waals surface area contributed by atoms with Crippen molar-refractivity contribution < 1.29 is 28.6 Å². The standard InChI is InChI=1S/C39H68O6/c1-32(2,3)21-37(16,34(7,8)9)30(41)44-27-23-19-24-26(29(40)43-28(24)27)25(23)20-39(18,36(13,14)15)45-31(42)38(17,35(10,11)12)22-33(4,5)6/h23-28H,19-22H2,1-18H3. The third-order valence-electron chi connectivity index (χ3n) is 12.5. The van der Waals surface area contributed by atoms with E-state index in [1.165, 1.54) is 0 Å². The van der Waals surface area contributed by atoms with Crippen LogP contribution in [0.15, 0.2) is 0 Å². The smallest absolute Gasteiger partial charge is 0.312 e. The molecule has 1 aliphatic heterocycles. The topological polar surface area (TPSA) is 78.9 Å². The van der Waals surface area contributed by atoms with Crippen molar-refractivity contribution in [2.24, 2.45) is 61.6 Å². The molecule has 0 radical (unpaired) electrons. The van der Waals surface area contributed by atoms with Gasteiger partial charge in [0.1, 0.15) is 17.8 Å². The Hall–Kier alpha value is -1.59. The molecule has 3 rings (SSSR count). The summed E-state index contributed by atoms with van der Waals surface area (Å²) in [5, 5.41) is 0. The molecule has 2 bridgehead atoms. The van der Waals surface area contributed by atoms with Crippen LogP contribution in [0.4, 0.5) is 0 Å². The first-order valence-corrected chi connectivity index (χ1v) is 17.4. The van der Waals surface area contributed by atoms with Gasteiger partial charge in [-0.2, -0.15) is 0 Å². The van der Waals surface area contributed by atoms with E-state index in [1.807, 2.05) is 20.8 Å². The number of esters is 3. The van der Waals surface area contributed by atoms with E-state index in [1.54, 1.807) is 0 Å². The van der Waals surface area contributed by atoms with Crippen molar-refractivity contribution in [2.45, 2.75) is 168 Å². The number of hydrogen-bond acceptors (Lipinski definition) is 6. The average Bonchev–Trinajstić information content (AvgIpc) is 3.38. The molecule has 0 aromatic rings. The van der Waals surface area contributed by atoms with Gasteiger partial charge in [0, 0.05) is 17.3 Å². The van der Waals surface area contributed by atoms with Crippen molar-refractivity contribution in [3.63, 3.8) is 0 Å². The number of ether oxygens (including phenoxy) is 3. The summed E-state index contributed by atoms with van der Waals surface area (Å²) in [7, 11) is 0. The van der Waals surface area contributed by atoms with Gasteiger partial charge in [0.2, 0.25) is 0 Å². The number of rotatable bonds is 8. The third-order valence-corrected chi connectivity index (χ3v) is 12.5. The van der Waals surface area contributed by atoms with E-state index in [0.29, 0.717) is 19.3 Å². The van der Waals surface area contributed by atoms with Crippen LogP contribution in [0.1, 0.15) is 150 Å². The molecule has 3 fully saturated rings. The highest BCUT2D eigenvalue weighted by Gasteiger charge is 2.69. The fourth-order valence-corrected chi connectivity index (χ4v) is 8.50. The first kappa shape index (κ1) is 37.9. The van der Waals surface area contributed by atoms with E-state index in [2.05, 4.69) is 104 Å². The number of carbonyl (C=O) groups excluding carboxylic acids is 3. The quantitative estimate of drug-likeness (QED) is 0.196. The molecule has 0 spiro atoms. The van der Waals surface area contributed by atoms with Gasteiger partial charge in [0.05, 0.1) is 16.7 Å². The number of hydrogen-bond donors (Lipinski definition) is 0. The number of carbonyl (C=O) groups is 3. The van der Waals surface area contributed by atoms with E-state index < -0.39 is 34.1 Å². The Morgan fingerprint density at radius 1 is 0.667 bits per heavy atom. The second-order valence-electron chi connectivity index (χ2n) is 21.2. The molecule has 9 unspecified atom stereocenters. The molecule has 2 saturated carbocycles. The second-order valence-corrected chi connectivity index (χ2v) is 21.2. The molecule has 2 aliphatic carbocycles. The first-order valence-electron chi connectivity index (χ1n) is 17.4. The van der Waals surface area contributed by atoms with Gasteiger partial charge in [0.25, 0.3) is 0 Å². The summed E-state index contributed by atoms with van der Waals surface area (Å²) in [4.78, 5) is 41.9. The van der Waals surface area contributed by atoms with E-state index in [9.17, 15) is 14.4 Å². The van der Waals surface area contributed by atoms with Crippen LogP contribution in [0.25, 0.3) is 0 Å². The summed E-state index contributed by atoms with van der Waals surface area (Å²) in [5.41, 5.74) is -3.49. The summed E-state index contributed by atoms with van der Waals surface area (Å²) in [6, 6.07) is 0. The lowest BCUT2D eigenvalue weighted by molar-refractivity contribution is -0.196. The summed E-state index contributed by atoms with van der Waals surface area (Å²) in [6.45, 7) is 38.0. The number of fused-ring (bicyclic) bond motifs is 1. The van der Waals surface area contributed by atoms with Crippen LogP contribution in [-0.4, -0.2) is 35.7 Å². The molecule has 0 aromatic carbocycles. The minimum Gasteiger partial charge on any atom is -0.458 e. The molecule has 45 heavy (non-hydrogen) atoms. The Labute approximate surface area is 275 Å². The van der Waals surface area contributed by atoms with E-state index in [-0.39, 0.29) is 63.2 Å². The van der Waals surface area contributed by atoms with Crippen LogP contribution >= 0.6 is 0 Å². The molecule has 6 heteroatoms. The molecule has 6 nitrogen and oxygen atoms in total. The van der Waals surface area contributed by atoms with E-state index in [4.69, 9.17) is 14.2 Å². The molecule has 1 saturated heterocycles. The van der Waals surface area contributed by atoms with Gasteiger partial charge in [-0.05, 0) is 74.0 Å². The van der Waals surface area contributed by atoms with Crippen molar-refractivity contribution in [1.82, 2.24) is 0 Å². The van der Waals surface area contributed by atoms with Crippen molar-refractivity contribution in [3.05, 3.63) is 0 Å². The Bertz CT molecular complexity index is 1150. The van der Waals surface area contributed by atoms with Gasteiger partial charge in [-0.15, -0.1) is 0 Å². The van der Waals surface area contributed by atoms with Crippen LogP contribution in [0.3, 0.4) is 0 Å². The Morgan fingerprint density at radius 3 is 1.51 bits per heavy atom. The molecule has 3 aliphatic rings. The summed E-state index contributed by atoms with van der Waals surface area (Å²) in [6.07, 6.45) is 1.78. The third kappa shape index (κ3) is 7.01. The zero-order valence-electron chi connectivity index (χ0n) is 32.2. The van der Waals surface area contributed by atoms with Gasteiger partial charge in [0.15, 0.2) is 0 Å². The van der Waals surface area contributed by atoms with Gasteiger partial charge >= 0.3 is 17.9 Å². The predicted molar refractivity (Wildman–Crippen MR) is 180 cm³/mol. The molecule has 0 aromatic heterocycles. The highest BCUT2D eigenvalue weighted by molar-refractivity contribution is 5.80. The van der Waals surface area contributed by atoms with Crippen LogP contribution in [0, 0.1) is 61.6 Å². The van der Waals surface area contributed by atoms with Gasteiger partial charge in [-0.1, -0.05) is 104 Å². The Morgan fingerprint density at radius 2 is 1.11 bits per heavy atom. The molecular formula is C39H68O6. The molecular weight excluding hydrogens is 564 g/mol. The zero-order valence-corrected chi connectivity index (χ0v) is 32.2. The van der Waals surface area contributed by atoms with Crippen LogP contribution in [0.5, 0.6) is 0 Å². The molecule has 260 valence electrons. The highest BCUT2D eigenvalue weighted by atomic mass is 16.6. The second kappa shape index (κ2) is 11.2. The maximum atomic E-state index is 14.4. The van der Waals surface area contributed by atoms with Gasteiger partial charge in [-0.3, -0.25) is 14.4 Å². The van der Waals surface area contributed by atoms with Crippen LogP contribution < -0.4 is 0 Å². The monoisotopic (exact) mass is 633 g/mol. The average molecular weight is 633 g/mol. The lowest BCUT2D eigenvalue weighted by atomic mass is 9.61. The SMILES string of the molecule is CC(C)(C)CC(C)(C(=O)OC1C2CC3C1OC(=O)C3C2CC(C)(OC(=O)C(C)(CC(C)(C)C)C(C)(C)C)C(C)(C)C)C(C)(C)C. The summed E-state index contributed by atoms with van der Waals surface area (Å²) >= 11 is 0. The maximum Gasteiger partial charge on any atom is 0.312 e. The van der Waals surface area contributed by atoms with Crippen LogP contribution in [-0.2, 0) is 28.6 Å². The predicted octanol–water partition coefficient (Wildman–Crippen LogP) is 9.42. The van der Waals surface area contributed by atoms with Crippen molar-refractivity contribution >= 4 is 17.9 Å². The minimum absolute atomic E-state index is 0.0226. The lowest BCUT2D eigenvalue weighted by Crippen LogP contribution is -2.54. The Kier molecular flexibility index (Phi) is 9.46. The lowest BCUT2D eigenvalue weighted by Gasteiger charge is -2.49. The highest BCUT2D eigenvalue weighted by Crippen LogP contribution is 2.62. The van der Waals surface area contributed by atoms with E-state index >= 15 is 0 Å². The fraction of sp³-hybridized carbons (Fsp3) is 0.923. The maximum absolute atomic E-state index is 14.4. The summed E-state index contributed by atoms with van der Waals surface area (Å²) < 4.78 is 19.2. The van der Waals surface area contributed by atoms with Crippen molar-refractivity contribution in [3.8, 4) is 0 Å². The molecule has 0 amide bonds. The molecule has 0 N–H and O–H groups in total. The fourth-order valence-electron chi connectivity index (χ4n) is 8.50. The van der Waals surface area contributed by atoms with Crippen molar-refractivity contribution in [2.75, 3.05) is 0 Å². The molecule has 9 atom stereocenters. The molecule has 1 heterocycles.